The van der Waals surface area contributed by atoms with Gasteiger partial charge in [-0.3, -0.25) is 9.59 Å². The highest BCUT2D eigenvalue weighted by Crippen LogP contribution is 2.30. The number of ether oxygens (including phenoxy) is 3. The van der Waals surface area contributed by atoms with Crippen LogP contribution in [-0.4, -0.2) is 43.7 Å². The maximum atomic E-state index is 12.0. The average molecular weight is 494 g/mol. The van der Waals surface area contributed by atoms with E-state index in [9.17, 15) is 14.4 Å². The zero-order chi connectivity index (χ0) is 26.1. The molecule has 0 unspecified atom stereocenters. The molecule has 2 amide bonds. The van der Waals surface area contributed by atoms with Gasteiger partial charge in [0.15, 0.2) is 18.1 Å². The Morgan fingerprint density at radius 2 is 1.81 bits per heavy atom. The molecule has 0 bridgehead atoms. The highest BCUT2D eigenvalue weighted by molar-refractivity contribution is 5.96. The first-order valence-electron chi connectivity index (χ1n) is 11.0. The van der Waals surface area contributed by atoms with E-state index in [2.05, 4.69) is 15.8 Å². The van der Waals surface area contributed by atoms with Gasteiger partial charge in [0, 0.05) is 24.4 Å². The van der Waals surface area contributed by atoms with Crippen LogP contribution in [-0.2, 0) is 20.9 Å². The molecule has 0 saturated heterocycles. The Morgan fingerprint density at radius 3 is 2.44 bits per heavy atom. The van der Waals surface area contributed by atoms with Gasteiger partial charge in [0.1, 0.15) is 12.4 Å². The quantitative estimate of drug-likeness (QED) is 0.325. The Morgan fingerprint density at radius 1 is 1.06 bits per heavy atom. The summed E-state index contributed by atoms with van der Waals surface area (Å²) in [5.74, 6) is 0.280. The number of nitrogens with one attached hydrogen (secondary N) is 2. The normalized spacial score (nSPS) is 10.7. The first kappa shape index (κ1) is 26.0. The monoisotopic (exact) mass is 493 g/mol. The SMILES string of the molecule is CNC(=O)c1ccc(NC(=O)COC(=O)/C=C/c2ccc(OCc3c(C)noc3C)c(OC)c2)cc1. The minimum Gasteiger partial charge on any atom is -0.493 e. The number of nitrogens with zero attached hydrogens (tertiary/aromatic N) is 1. The van der Waals surface area contributed by atoms with Gasteiger partial charge in [-0.15, -0.1) is 0 Å². The summed E-state index contributed by atoms with van der Waals surface area (Å²) in [7, 11) is 3.05. The number of carbonyl (C=O) groups excluding carboxylic acids is 3. The van der Waals surface area contributed by atoms with E-state index in [4.69, 9.17) is 18.7 Å². The number of rotatable bonds is 10. The summed E-state index contributed by atoms with van der Waals surface area (Å²) < 4.78 is 21.4. The lowest BCUT2D eigenvalue weighted by Gasteiger charge is -2.11. The third kappa shape index (κ3) is 6.95. The molecule has 2 N–H and O–H groups in total. The number of benzene rings is 2. The van der Waals surface area contributed by atoms with Gasteiger partial charge in [-0.2, -0.15) is 0 Å². The molecule has 0 aliphatic carbocycles. The molecular weight excluding hydrogens is 466 g/mol. The fourth-order valence-electron chi connectivity index (χ4n) is 3.16. The predicted octanol–water partition coefficient (Wildman–Crippen LogP) is 3.43. The number of amides is 2. The van der Waals surface area contributed by atoms with Crippen molar-refractivity contribution in [2.45, 2.75) is 20.5 Å². The van der Waals surface area contributed by atoms with Gasteiger partial charge in [-0.1, -0.05) is 11.2 Å². The lowest BCUT2D eigenvalue weighted by molar-refractivity contribution is -0.142. The smallest absolute Gasteiger partial charge is 0.331 e. The average Bonchev–Trinajstić information content (AvgIpc) is 3.21. The molecule has 0 atom stereocenters. The molecule has 0 fully saturated rings. The predicted molar refractivity (Wildman–Crippen MR) is 132 cm³/mol. The van der Waals surface area contributed by atoms with Crippen LogP contribution < -0.4 is 20.1 Å². The third-order valence-corrected chi connectivity index (χ3v) is 5.16. The minimum atomic E-state index is -0.683. The van der Waals surface area contributed by atoms with Crippen LogP contribution in [0, 0.1) is 13.8 Å². The van der Waals surface area contributed by atoms with Crippen molar-refractivity contribution < 1.29 is 33.1 Å². The van der Waals surface area contributed by atoms with E-state index < -0.39 is 18.5 Å². The first-order valence-corrected chi connectivity index (χ1v) is 11.0. The lowest BCUT2D eigenvalue weighted by Crippen LogP contribution is -2.20. The van der Waals surface area contributed by atoms with Crippen molar-refractivity contribution in [3.63, 3.8) is 0 Å². The van der Waals surface area contributed by atoms with Crippen molar-refractivity contribution in [3.05, 3.63) is 76.7 Å². The molecule has 1 aromatic heterocycles. The minimum absolute atomic E-state index is 0.231. The van der Waals surface area contributed by atoms with E-state index in [0.29, 0.717) is 34.1 Å². The number of hydrogen-bond donors (Lipinski definition) is 2. The highest BCUT2D eigenvalue weighted by atomic mass is 16.5. The number of aryl methyl sites for hydroxylation is 2. The van der Waals surface area contributed by atoms with Crippen LogP contribution >= 0.6 is 0 Å². The van der Waals surface area contributed by atoms with E-state index in [1.165, 1.54) is 20.2 Å². The third-order valence-electron chi connectivity index (χ3n) is 5.16. The number of hydrogen-bond acceptors (Lipinski definition) is 8. The van der Waals surface area contributed by atoms with Crippen molar-refractivity contribution in [2.75, 3.05) is 26.1 Å². The van der Waals surface area contributed by atoms with Gasteiger partial charge in [-0.05, 0) is 61.9 Å². The Labute approximate surface area is 208 Å². The summed E-state index contributed by atoms with van der Waals surface area (Å²) >= 11 is 0. The molecular formula is C26H27N3O7. The molecule has 1 heterocycles. The molecule has 36 heavy (non-hydrogen) atoms. The van der Waals surface area contributed by atoms with Crippen LogP contribution in [0.4, 0.5) is 5.69 Å². The summed E-state index contributed by atoms with van der Waals surface area (Å²) in [4.78, 5) is 35.6. The van der Waals surface area contributed by atoms with Crippen LogP contribution in [0.3, 0.4) is 0 Å². The van der Waals surface area contributed by atoms with Gasteiger partial charge in [0.2, 0.25) is 0 Å². The number of carbonyl (C=O) groups is 3. The zero-order valence-corrected chi connectivity index (χ0v) is 20.4. The van der Waals surface area contributed by atoms with E-state index >= 15 is 0 Å². The van der Waals surface area contributed by atoms with Crippen LogP contribution in [0.1, 0.15) is 32.9 Å². The van der Waals surface area contributed by atoms with Crippen LogP contribution in [0.25, 0.3) is 6.08 Å². The second-order valence-corrected chi connectivity index (χ2v) is 7.65. The second kappa shape index (κ2) is 12.2. The van der Waals surface area contributed by atoms with Gasteiger partial charge in [0.05, 0.1) is 18.4 Å². The molecule has 10 heteroatoms. The summed E-state index contributed by atoms with van der Waals surface area (Å²) in [5.41, 5.74) is 3.24. The largest absolute Gasteiger partial charge is 0.493 e. The van der Waals surface area contributed by atoms with Gasteiger partial charge < -0.3 is 29.4 Å². The summed E-state index contributed by atoms with van der Waals surface area (Å²) in [6.07, 6.45) is 2.75. The molecule has 3 rings (SSSR count). The molecule has 0 aliphatic rings. The maximum absolute atomic E-state index is 12.0. The standard InChI is InChI=1S/C26H27N3O7/c1-16-21(17(2)36-29-16)14-34-22-11-5-18(13-23(22)33-4)6-12-25(31)35-15-24(30)28-20-9-7-19(8-10-20)26(32)27-3/h5-13H,14-15H2,1-4H3,(H,27,32)(H,28,30)/b12-6+. The van der Waals surface area contributed by atoms with Crippen LogP contribution in [0.15, 0.2) is 53.1 Å². The summed E-state index contributed by atoms with van der Waals surface area (Å²) in [5, 5.41) is 9.01. The number of anilines is 1. The van der Waals surface area contributed by atoms with Crippen molar-refractivity contribution in [1.29, 1.82) is 0 Å². The van der Waals surface area contributed by atoms with Crippen molar-refractivity contribution in [1.82, 2.24) is 10.5 Å². The van der Waals surface area contributed by atoms with E-state index in [1.54, 1.807) is 48.5 Å². The van der Waals surface area contributed by atoms with Crippen molar-refractivity contribution in [3.8, 4) is 11.5 Å². The number of esters is 1. The van der Waals surface area contributed by atoms with Gasteiger partial charge in [0.25, 0.3) is 11.8 Å². The maximum Gasteiger partial charge on any atom is 0.331 e. The summed E-state index contributed by atoms with van der Waals surface area (Å²) in [6.45, 7) is 3.48. The van der Waals surface area contributed by atoms with Crippen molar-refractivity contribution in [2.24, 2.45) is 0 Å². The van der Waals surface area contributed by atoms with E-state index in [-0.39, 0.29) is 12.5 Å². The van der Waals surface area contributed by atoms with Gasteiger partial charge in [-0.25, -0.2) is 4.79 Å². The molecule has 10 nitrogen and oxygen atoms in total. The zero-order valence-electron chi connectivity index (χ0n) is 20.4. The lowest BCUT2D eigenvalue weighted by atomic mass is 10.2. The molecule has 0 radical (unpaired) electrons. The fourth-order valence-corrected chi connectivity index (χ4v) is 3.16. The molecule has 2 aromatic carbocycles. The Balaban J connectivity index is 1.50. The van der Waals surface area contributed by atoms with Crippen LogP contribution in [0.2, 0.25) is 0 Å². The van der Waals surface area contributed by atoms with E-state index in [1.807, 2.05) is 13.8 Å². The number of aromatic nitrogens is 1. The number of methoxy groups -OCH3 is 1. The Kier molecular flexibility index (Phi) is 8.82. The molecule has 0 aliphatic heterocycles. The second-order valence-electron chi connectivity index (χ2n) is 7.65. The Hall–Kier alpha value is -4.60. The van der Waals surface area contributed by atoms with Gasteiger partial charge >= 0.3 is 5.97 Å². The first-order chi connectivity index (χ1) is 17.3. The van der Waals surface area contributed by atoms with Crippen molar-refractivity contribution >= 4 is 29.5 Å². The van der Waals surface area contributed by atoms with E-state index in [0.717, 1.165) is 11.3 Å². The summed E-state index contributed by atoms with van der Waals surface area (Å²) in [6, 6.07) is 11.5. The fraction of sp³-hybridized carbons (Fsp3) is 0.231. The molecule has 3 aromatic rings. The topological polar surface area (TPSA) is 129 Å². The molecule has 0 saturated carbocycles. The molecule has 0 spiro atoms. The highest BCUT2D eigenvalue weighted by Gasteiger charge is 2.12. The van der Waals surface area contributed by atoms with Crippen LogP contribution in [0.5, 0.6) is 11.5 Å². The Bertz CT molecular complexity index is 1240. The molecule has 188 valence electrons.